The van der Waals surface area contributed by atoms with Crippen LogP contribution in [0.15, 0.2) is 36.5 Å². The van der Waals surface area contributed by atoms with Crippen LogP contribution in [0, 0.1) is 0 Å². The van der Waals surface area contributed by atoms with E-state index in [9.17, 15) is 9.59 Å². The fourth-order valence-electron chi connectivity index (χ4n) is 1.75. The maximum absolute atomic E-state index is 11.6. The quantitative estimate of drug-likeness (QED) is 0.751. The second-order valence-electron chi connectivity index (χ2n) is 4.79. The Hall–Kier alpha value is -2.51. The highest BCUT2D eigenvalue weighted by molar-refractivity contribution is 6.35. The summed E-state index contributed by atoms with van der Waals surface area (Å²) in [5.74, 6) is 0.211. The third kappa shape index (κ3) is 5.00. The van der Waals surface area contributed by atoms with Crippen LogP contribution in [0.2, 0.25) is 10.0 Å². The van der Waals surface area contributed by atoms with E-state index in [0.29, 0.717) is 21.5 Å². The molecular formula is C15H14Cl2N4O3. The molecule has 1 atom stereocenters. The molecule has 4 N–H and O–H groups in total. The van der Waals surface area contributed by atoms with E-state index in [0.717, 1.165) is 0 Å². The van der Waals surface area contributed by atoms with Crippen LogP contribution in [-0.2, 0) is 4.79 Å². The van der Waals surface area contributed by atoms with Crippen LogP contribution < -0.4 is 21.1 Å². The second kappa shape index (κ2) is 7.85. The van der Waals surface area contributed by atoms with Crippen LogP contribution in [0.25, 0.3) is 0 Å². The molecular weight excluding hydrogens is 355 g/mol. The van der Waals surface area contributed by atoms with E-state index < -0.39 is 18.0 Å². The molecule has 0 aliphatic rings. The van der Waals surface area contributed by atoms with Gasteiger partial charge in [-0.05, 0) is 37.3 Å². The highest BCUT2D eigenvalue weighted by Gasteiger charge is 2.14. The standard InChI is InChI=1S/C15H14Cl2N4O3/c1-8(13(22)21-15(18)23)20-10-2-4-11(5-3-10)24-14-12(17)6-9(16)7-19-14/h2-8,20H,1H3,(H3,18,21,22,23). The molecule has 1 heterocycles. The van der Waals surface area contributed by atoms with Gasteiger partial charge in [0.2, 0.25) is 11.8 Å². The van der Waals surface area contributed by atoms with Crippen molar-refractivity contribution in [1.29, 1.82) is 0 Å². The van der Waals surface area contributed by atoms with Gasteiger partial charge in [0.25, 0.3) is 0 Å². The van der Waals surface area contributed by atoms with Crippen LogP contribution >= 0.6 is 23.2 Å². The van der Waals surface area contributed by atoms with Crippen LogP contribution in [0.1, 0.15) is 6.92 Å². The number of hydrogen-bond donors (Lipinski definition) is 3. The van der Waals surface area contributed by atoms with Crippen molar-refractivity contribution in [1.82, 2.24) is 10.3 Å². The minimum Gasteiger partial charge on any atom is -0.438 e. The summed E-state index contributed by atoms with van der Waals surface area (Å²) in [5, 5.41) is 5.62. The Morgan fingerprint density at radius 2 is 1.92 bits per heavy atom. The van der Waals surface area contributed by atoms with Crippen LogP contribution in [0.4, 0.5) is 10.5 Å². The zero-order valence-electron chi connectivity index (χ0n) is 12.5. The Morgan fingerprint density at radius 3 is 2.50 bits per heavy atom. The number of nitrogens with two attached hydrogens (primary N) is 1. The molecule has 1 aromatic heterocycles. The van der Waals surface area contributed by atoms with E-state index in [1.54, 1.807) is 31.2 Å². The van der Waals surface area contributed by atoms with Crippen molar-refractivity contribution >= 4 is 40.8 Å². The largest absolute Gasteiger partial charge is 0.438 e. The lowest BCUT2D eigenvalue weighted by Gasteiger charge is -2.14. The van der Waals surface area contributed by atoms with Crippen LogP contribution in [0.5, 0.6) is 11.6 Å². The molecule has 0 radical (unpaired) electrons. The van der Waals surface area contributed by atoms with Gasteiger partial charge < -0.3 is 15.8 Å². The number of imide groups is 1. The van der Waals surface area contributed by atoms with Crippen molar-refractivity contribution in [3.05, 3.63) is 46.6 Å². The van der Waals surface area contributed by atoms with Gasteiger partial charge in [-0.15, -0.1) is 0 Å². The highest BCUT2D eigenvalue weighted by atomic mass is 35.5. The van der Waals surface area contributed by atoms with Crippen molar-refractivity contribution in [2.75, 3.05) is 5.32 Å². The first-order valence-corrected chi connectivity index (χ1v) is 7.56. The Balaban J connectivity index is 2.00. The number of rotatable bonds is 5. The molecule has 9 heteroatoms. The van der Waals surface area contributed by atoms with E-state index >= 15 is 0 Å². The van der Waals surface area contributed by atoms with Crippen molar-refractivity contribution in [3.8, 4) is 11.6 Å². The third-order valence-corrected chi connectivity index (χ3v) is 3.34. The molecule has 0 spiro atoms. The van der Waals surface area contributed by atoms with Gasteiger partial charge in [0, 0.05) is 11.9 Å². The minimum absolute atomic E-state index is 0.232. The Morgan fingerprint density at radius 1 is 1.25 bits per heavy atom. The molecule has 1 aromatic carbocycles. The summed E-state index contributed by atoms with van der Waals surface area (Å²) in [7, 11) is 0. The fraction of sp³-hybridized carbons (Fsp3) is 0.133. The van der Waals surface area contributed by atoms with Crippen molar-refractivity contribution in [2.24, 2.45) is 5.73 Å². The number of ether oxygens (including phenoxy) is 1. The van der Waals surface area contributed by atoms with Crippen molar-refractivity contribution in [3.63, 3.8) is 0 Å². The maximum Gasteiger partial charge on any atom is 0.318 e. The molecule has 126 valence electrons. The van der Waals surface area contributed by atoms with Crippen LogP contribution in [0.3, 0.4) is 0 Å². The number of urea groups is 1. The molecule has 0 saturated heterocycles. The number of hydrogen-bond acceptors (Lipinski definition) is 5. The lowest BCUT2D eigenvalue weighted by atomic mass is 10.2. The number of amides is 3. The zero-order chi connectivity index (χ0) is 17.7. The molecule has 1 unspecified atom stereocenters. The highest BCUT2D eigenvalue weighted by Crippen LogP contribution is 2.29. The molecule has 0 saturated carbocycles. The van der Waals surface area contributed by atoms with Gasteiger partial charge >= 0.3 is 6.03 Å². The SMILES string of the molecule is CC(Nc1ccc(Oc2ncc(Cl)cc2Cl)cc1)C(=O)NC(N)=O. The summed E-state index contributed by atoms with van der Waals surface area (Å²) in [6.07, 6.45) is 1.43. The molecule has 0 aliphatic carbocycles. The van der Waals surface area contributed by atoms with Gasteiger partial charge in [-0.1, -0.05) is 23.2 Å². The summed E-state index contributed by atoms with van der Waals surface area (Å²) >= 11 is 11.8. The van der Waals surface area contributed by atoms with Gasteiger partial charge in [0.15, 0.2) is 0 Å². The number of aromatic nitrogens is 1. The Bertz CT molecular complexity index is 753. The number of carbonyl (C=O) groups is 2. The monoisotopic (exact) mass is 368 g/mol. The van der Waals surface area contributed by atoms with E-state index in [1.165, 1.54) is 12.3 Å². The average Bonchev–Trinajstić information content (AvgIpc) is 2.51. The van der Waals surface area contributed by atoms with Crippen LogP contribution in [-0.4, -0.2) is 23.0 Å². The Labute approximate surface area is 148 Å². The van der Waals surface area contributed by atoms with Gasteiger partial charge in [-0.3, -0.25) is 10.1 Å². The predicted octanol–water partition coefficient (Wildman–Crippen LogP) is 3.18. The first-order chi connectivity index (χ1) is 11.3. The third-order valence-electron chi connectivity index (χ3n) is 2.87. The van der Waals surface area contributed by atoms with Gasteiger partial charge in [0.05, 0.1) is 5.02 Å². The molecule has 0 fully saturated rings. The van der Waals surface area contributed by atoms with Gasteiger partial charge in [-0.25, -0.2) is 9.78 Å². The van der Waals surface area contributed by atoms with Crippen molar-refractivity contribution in [2.45, 2.75) is 13.0 Å². The summed E-state index contributed by atoms with van der Waals surface area (Å²) in [5.41, 5.74) is 5.56. The molecule has 2 aromatic rings. The number of nitrogens with one attached hydrogen (secondary N) is 2. The number of nitrogens with zero attached hydrogens (tertiary/aromatic N) is 1. The summed E-state index contributed by atoms with van der Waals surface area (Å²) in [4.78, 5) is 26.2. The molecule has 7 nitrogen and oxygen atoms in total. The van der Waals surface area contributed by atoms with E-state index in [1.807, 2.05) is 5.32 Å². The zero-order valence-corrected chi connectivity index (χ0v) is 14.1. The molecule has 2 rings (SSSR count). The fourth-order valence-corrected chi connectivity index (χ4v) is 2.17. The maximum atomic E-state index is 11.6. The van der Waals surface area contributed by atoms with E-state index in [-0.39, 0.29) is 5.88 Å². The topological polar surface area (TPSA) is 106 Å². The normalized spacial score (nSPS) is 11.5. The Kier molecular flexibility index (Phi) is 5.83. The molecule has 0 bridgehead atoms. The van der Waals surface area contributed by atoms with Gasteiger partial charge in [0.1, 0.15) is 16.8 Å². The van der Waals surface area contributed by atoms with Crippen molar-refractivity contribution < 1.29 is 14.3 Å². The van der Waals surface area contributed by atoms with Gasteiger partial charge in [-0.2, -0.15) is 0 Å². The molecule has 3 amide bonds. The first kappa shape index (κ1) is 17.8. The average molecular weight is 369 g/mol. The summed E-state index contributed by atoms with van der Waals surface area (Å²) in [6.45, 7) is 1.60. The predicted molar refractivity (Wildman–Crippen MR) is 91.6 cm³/mol. The smallest absolute Gasteiger partial charge is 0.318 e. The summed E-state index contributed by atoms with van der Waals surface area (Å²) in [6, 6.07) is 6.74. The first-order valence-electron chi connectivity index (χ1n) is 6.81. The lowest BCUT2D eigenvalue weighted by molar-refractivity contribution is -0.120. The number of anilines is 1. The number of pyridine rings is 1. The van der Waals surface area contributed by atoms with E-state index in [2.05, 4.69) is 10.3 Å². The lowest BCUT2D eigenvalue weighted by Crippen LogP contribution is -2.43. The number of primary amides is 1. The number of benzene rings is 1. The number of halogens is 2. The van der Waals surface area contributed by atoms with E-state index in [4.69, 9.17) is 33.7 Å². The minimum atomic E-state index is -0.898. The summed E-state index contributed by atoms with van der Waals surface area (Å²) < 4.78 is 5.55. The second-order valence-corrected chi connectivity index (χ2v) is 5.63. The molecule has 0 aliphatic heterocycles. The number of carbonyl (C=O) groups excluding carboxylic acids is 2. The molecule has 24 heavy (non-hydrogen) atoms.